The van der Waals surface area contributed by atoms with Gasteiger partial charge in [0.1, 0.15) is 23.4 Å². The van der Waals surface area contributed by atoms with Gasteiger partial charge in [-0.25, -0.2) is 4.79 Å². The Morgan fingerprint density at radius 3 is 2.48 bits per heavy atom. The summed E-state index contributed by atoms with van der Waals surface area (Å²) < 4.78 is 16.8. The van der Waals surface area contributed by atoms with Gasteiger partial charge in [-0.05, 0) is 57.0 Å². The molecule has 0 fully saturated rings. The Morgan fingerprint density at radius 1 is 1.17 bits per heavy atom. The molecule has 0 bridgehead atoms. The van der Waals surface area contributed by atoms with Crippen LogP contribution in [-0.4, -0.2) is 36.3 Å². The molecule has 1 aliphatic rings. The molecule has 0 spiro atoms. The van der Waals surface area contributed by atoms with Crippen molar-refractivity contribution in [3.05, 3.63) is 46.5 Å². The smallest absolute Gasteiger partial charge is 0.341 e. The van der Waals surface area contributed by atoms with E-state index in [4.69, 9.17) is 19.3 Å². The van der Waals surface area contributed by atoms with Crippen LogP contribution in [0.5, 0.6) is 17.2 Å². The molecular weight excluding hydrogens is 374 g/mol. The number of nitrogens with one attached hydrogen (secondary N) is 1. The van der Waals surface area contributed by atoms with Gasteiger partial charge in [0.2, 0.25) is 0 Å². The number of rotatable bonds is 7. The third-order valence-electron chi connectivity index (χ3n) is 4.61. The van der Waals surface area contributed by atoms with E-state index in [2.05, 4.69) is 5.32 Å². The van der Waals surface area contributed by atoms with Crippen molar-refractivity contribution in [1.29, 1.82) is 0 Å². The lowest BCUT2D eigenvalue weighted by Crippen LogP contribution is -2.15. The molecule has 2 N–H and O–H groups in total. The van der Waals surface area contributed by atoms with Crippen molar-refractivity contribution in [2.45, 2.75) is 40.2 Å². The summed E-state index contributed by atoms with van der Waals surface area (Å²) in [5.74, 6) is 0.474. The van der Waals surface area contributed by atoms with E-state index in [1.165, 1.54) is 0 Å². The van der Waals surface area contributed by atoms with Gasteiger partial charge in [-0.1, -0.05) is 0 Å². The Kier molecular flexibility index (Phi) is 5.96. The zero-order valence-corrected chi connectivity index (χ0v) is 17.0. The Bertz CT molecular complexity index is 930. The van der Waals surface area contributed by atoms with Crippen LogP contribution in [0.3, 0.4) is 0 Å². The number of carboxylic acid groups (broad SMARTS) is 1. The summed E-state index contributed by atoms with van der Waals surface area (Å²) >= 11 is 0. The highest BCUT2D eigenvalue weighted by Crippen LogP contribution is 2.38. The Labute approximate surface area is 169 Å². The van der Waals surface area contributed by atoms with E-state index in [0.29, 0.717) is 40.5 Å². The van der Waals surface area contributed by atoms with Gasteiger partial charge >= 0.3 is 5.97 Å². The number of amides is 1. The van der Waals surface area contributed by atoms with Gasteiger partial charge in [-0.15, -0.1) is 0 Å². The molecule has 0 saturated heterocycles. The molecule has 1 heterocycles. The van der Waals surface area contributed by atoms with E-state index in [0.717, 1.165) is 17.7 Å². The van der Waals surface area contributed by atoms with E-state index < -0.39 is 12.6 Å². The molecule has 0 aliphatic carbocycles. The Hall–Kier alpha value is -3.22. The van der Waals surface area contributed by atoms with Crippen molar-refractivity contribution in [3.63, 3.8) is 0 Å². The van der Waals surface area contributed by atoms with Crippen LogP contribution in [0.4, 0.5) is 5.69 Å². The lowest BCUT2D eigenvalue weighted by Gasteiger charge is -2.15. The summed E-state index contributed by atoms with van der Waals surface area (Å²) in [4.78, 5) is 23.6. The molecule has 1 amide bonds. The number of carbonyl (C=O) groups is 2. The van der Waals surface area contributed by atoms with E-state index in [1.807, 2.05) is 19.9 Å². The first kappa shape index (κ1) is 20.5. The lowest BCUT2D eigenvalue weighted by molar-refractivity contribution is -0.139. The molecule has 1 unspecified atom stereocenters. The van der Waals surface area contributed by atoms with Crippen molar-refractivity contribution in [1.82, 2.24) is 0 Å². The maximum absolute atomic E-state index is 12.9. The lowest BCUT2D eigenvalue weighted by atomic mass is 10.0. The van der Waals surface area contributed by atoms with Gasteiger partial charge in [0.25, 0.3) is 5.91 Å². The summed E-state index contributed by atoms with van der Waals surface area (Å²) in [5, 5.41) is 11.7. The maximum atomic E-state index is 12.9. The molecule has 2 aromatic carbocycles. The molecule has 154 valence electrons. The minimum atomic E-state index is -1.05. The average molecular weight is 399 g/mol. The highest BCUT2D eigenvalue weighted by atomic mass is 16.5. The fraction of sp³-hybridized carbons (Fsp3) is 0.364. The summed E-state index contributed by atoms with van der Waals surface area (Å²) in [7, 11) is 0. The van der Waals surface area contributed by atoms with Gasteiger partial charge in [0, 0.05) is 23.6 Å². The Morgan fingerprint density at radius 2 is 1.86 bits per heavy atom. The zero-order chi connectivity index (χ0) is 21.1. The van der Waals surface area contributed by atoms with Crippen molar-refractivity contribution in [2.75, 3.05) is 18.5 Å². The van der Waals surface area contributed by atoms with E-state index >= 15 is 0 Å². The molecule has 7 heteroatoms. The SMILES string of the molecule is CCOc1cc2c(cc1NC(=O)c1cc(C)c(OCC(=O)O)c(C)c1)OC(C)C2. The quantitative estimate of drug-likeness (QED) is 0.737. The first-order valence-electron chi connectivity index (χ1n) is 9.52. The number of aliphatic carboxylic acids is 1. The molecule has 29 heavy (non-hydrogen) atoms. The van der Waals surface area contributed by atoms with Crippen LogP contribution in [0.1, 0.15) is 40.9 Å². The second kappa shape index (κ2) is 8.43. The summed E-state index contributed by atoms with van der Waals surface area (Å²) in [5.41, 5.74) is 3.43. The fourth-order valence-electron chi connectivity index (χ4n) is 3.45. The van der Waals surface area contributed by atoms with Crippen molar-refractivity contribution in [2.24, 2.45) is 0 Å². The number of anilines is 1. The number of aryl methyl sites for hydroxylation is 2. The molecule has 1 atom stereocenters. The predicted molar refractivity (Wildman–Crippen MR) is 108 cm³/mol. The molecule has 7 nitrogen and oxygen atoms in total. The molecule has 1 aliphatic heterocycles. The van der Waals surface area contributed by atoms with E-state index in [-0.39, 0.29) is 12.0 Å². The van der Waals surface area contributed by atoms with Crippen LogP contribution in [0.15, 0.2) is 24.3 Å². The van der Waals surface area contributed by atoms with E-state index in [9.17, 15) is 9.59 Å². The van der Waals surface area contributed by atoms with Crippen LogP contribution in [0.25, 0.3) is 0 Å². The van der Waals surface area contributed by atoms with Crippen LogP contribution in [0.2, 0.25) is 0 Å². The minimum absolute atomic E-state index is 0.0917. The van der Waals surface area contributed by atoms with Gasteiger partial charge < -0.3 is 24.6 Å². The van der Waals surface area contributed by atoms with Crippen LogP contribution in [-0.2, 0) is 11.2 Å². The number of fused-ring (bicyclic) bond motifs is 1. The predicted octanol–water partition coefficient (Wildman–Crippen LogP) is 3.74. The third-order valence-corrected chi connectivity index (χ3v) is 4.61. The highest BCUT2D eigenvalue weighted by molar-refractivity contribution is 6.05. The van der Waals surface area contributed by atoms with Gasteiger partial charge in [-0.3, -0.25) is 4.79 Å². The number of carboxylic acids is 1. The highest BCUT2D eigenvalue weighted by Gasteiger charge is 2.23. The number of hydrogen-bond acceptors (Lipinski definition) is 5. The largest absolute Gasteiger partial charge is 0.492 e. The summed E-state index contributed by atoms with van der Waals surface area (Å²) in [6.45, 7) is 7.48. The molecule has 0 saturated carbocycles. The van der Waals surface area contributed by atoms with Crippen molar-refractivity contribution >= 4 is 17.6 Å². The number of benzene rings is 2. The van der Waals surface area contributed by atoms with Crippen LogP contribution < -0.4 is 19.5 Å². The monoisotopic (exact) mass is 399 g/mol. The molecule has 3 rings (SSSR count). The molecular formula is C22H25NO6. The van der Waals surface area contributed by atoms with Crippen molar-refractivity contribution in [3.8, 4) is 17.2 Å². The fourth-order valence-corrected chi connectivity index (χ4v) is 3.45. The van der Waals surface area contributed by atoms with Crippen LogP contribution in [0, 0.1) is 13.8 Å². The van der Waals surface area contributed by atoms with Gasteiger partial charge in [-0.2, -0.15) is 0 Å². The normalized spacial score (nSPS) is 14.7. The second-order valence-electron chi connectivity index (χ2n) is 7.10. The average Bonchev–Trinajstić information content (AvgIpc) is 2.99. The number of carbonyl (C=O) groups excluding carboxylic acids is 1. The van der Waals surface area contributed by atoms with Crippen molar-refractivity contribution < 1.29 is 28.9 Å². The number of ether oxygens (including phenoxy) is 3. The topological polar surface area (TPSA) is 94.1 Å². The minimum Gasteiger partial charge on any atom is -0.492 e. The third kappa shape index (κ3) is 4.62. The summed E-state index contributed by atoms with van der Waals surface area (Å²) in [6, 6.07) is 7.06. The first-order valence-corrected chi connectivity index (χ1v) is 9.52. The first-order chi connectivity index (χ1) is 13.8. The molecule has 2 aromatic rings. The summed E-state index contributed by atoms with van der Waals surface area (Å²) in [6.07, 6.45) is 0.897. The Balaban J connectivity index is 1.85. The molecule has 0 radical (unpaired) electrons. The number of hydrogen-bond donors (Lipinski definition) is 2. The maximum Gasteiger partial charge on any atom is 0.341 e. The van der Waals surface area contributed by atoms with Crippen LogP contribution >= 0.6 is 0 Å². The van der Waals surface area contributed by atoms with E-state index in [1.54, 1.807) is 32.0 Å². The van der Waals surface area contributed by atoms with Gasteiger partial charge in [0.05, 0.1) is 12.3 Å². The zero-order valence-electron chi connectivity index (χ0n) is 17.0. The standard InChI is InChI=1S/C22H25NO6/c1-5-27-19-9-15-8-14(4)29-18(15)10-17(19)23-22(26)16-6-12(2)21(13(3)7-16)28-11-20(24)25/h6-7,9-10,14H,5,8,11H2,1-4H3,(H,23,26)(H,24,25). The molecule has 0 aromatic heterocycles. The second-order valence-corrected chi connectivity index (χ2v) is 7.10. The van der Waals surface area contributed by atoms with Gasteiger partial charge in [0.15, 0.2) is 6.61 Å².